The van der Waals surface area contributed by atoms with Gasteiger partial charge in [-0.15, -0.1) is 0 Å². The number of nitrogens with zero attached hydrogens (tertiary/aromatic N) is 4. The molecule has 0 aliphatic rings. The molecule has 0 aliphatic heterocycles. The van der Waals surface area contributed by atoms with Crippen LogP contribution in [-0.2, 0) is 13.2 Å². The third kappa shape index (κ3) is 2.22. The van der Waals surface area contributed by atoms with Gasteiger partial charge in [0.25, 0.3) is 0 Å². The van der Waals surface area contributed by atoms with Crippen molar-refractivity contribution in [2.24, 2.45) is 0 Å². The molecule has 0 aromatic rings. The molecule has 0 heterocycles. The van der Waals surface area contributed by atoms with Gasteiger partial charge in [0.15, 0.2) is 0 Å². The fourth-order valence-corrected chi connectivity index (χ4v) is 6.26. The predicted octanol–water partition coefficient (Wildman–Crippen LogP) is 0.0467. The molecular formula is C8H24N4Ni. The number of hydrogen-bond donors (Lipinski definition) is 0. The van der Waals surface area contributed by atoms with Gasteiger partial charge in [-0.1, -0.05) is 0 Å². The quantitative estimate of drug-likeness (QED) is 0.638. The van der Waals surface area contributed by atoms with Crippen LogP contribution in [0.5, 0.6) is 0 Å². The van der Waals surface area contributed by atoms with Crippen LogP contribution in [-0.4, -0.2) is 72.3 Å². The van der Waals surface area contributed by atoms with Crippen molar-refractivity contribution in [3.63, 3.8) is 0 Å². The maximum atomic E-state index is 2.28. The van der Waals surface area contributed by atoms with E-state index in [4.69, 9.17) is 0 Å². The van der Waals surface area contributed by atoms with Crippen molar-refractivity contribution in [2.75, 3.05) is 56.4 Å². The summed E-state index contributed by atoms with van der Waals surface area (Å²) in [5.74, 6) is 0. The molecule has 4 nitrogen and oxygen atoms in total. The summed E-state index contributed by atoms with van der Waals surface area (Å²) in [5.41, 5.74) is 0. The van der Waals surface area contributed by atoms with Crippen molar-refractivity contribution in [3.8, 4) is 0 Å². The molecule has 0 aromatic heterocycles. The van der Waals surface area contributed by atoms with Gasteiger partial charge in [-0.05, 0) is 0 Å². The van der Waals surface area contributed by atoms with E-state index in [1.54, 1.807) is 0 Å². The van der Waals surface area contributed by atoms with Gasteiger partial charge >= 0.3 is 85.5 Å². The average Bonchev–Trinajstić information content (AvgIpc) is 1.82. The first-order chi connectivity index (χ1) is 5.77. The van der Waals surface area contributed by atoms with Crippen LogP contribution >= 0.6 is 0 Å². The van der Waals surface area contributed by atoms with Gasteiger partial charge < -0.3 is 0 Å². The molecule has 86 valence electrons. The number of hydrogen-bond acceptors (Lipinski definition) is 4. The molecule has 0 amide bonds. The zero-order chi connectivity index (χ0) is 10.8. The third-order valence-electron chi connectivity index (χ3n) is 1.52. The fraction of sp³-hybridized carbons (Fsp3) is 1.00. The molecule has 0 unspecified atom stereocenters. The maximum absolute atomic E-state index is 2.28. The van der Waals surface area contributed by atoms with E-state index in [0.29, 0.717) is 0 Å². The van der Waals surface area contributed by atoms with E-state index in [2.05, 4.69) is 72.3 Å². The van der Waals surface area contributed by atoms with Gasteiger partial charge in [-0.2, -0.15) is 0 Å². The summed E-state index contributed by atoms with van der Waals surface area (Å²) in [6.45, 7) is 0. The SMILES string of the molecule is C[N](C)[Ni]([N](C)C)([N](C)C)[N](C)C. The first-order valence-electron chi connectivity index (χ1n) is 4.14. The van der Waals surface area contributed by atoms with Gasteiger partial charge in [-0.3, -0.25) is 0 Å². The van der Waals surface area contributed by atoms with Crippen molar-refractivity contribution < 1.29 is 13.2 Å². The van der Waals surface area contributed by atoms with Crippen molar-refractivity contribution in [1.29, 1.82) is 0 Å². The minimum atomic E-state index is -1.25. The van der Waals surface area contributed by atoms with Crippen LogP contribution < -0.4 is 0 Å². The van der Waals surface area contributed by atoms with Crippen molar-refractivity contribution >= 4 is 0 Å². The van der Waals surface area contributed by atoms with Crippen LogP contribution in [0.1, 0.15) is 0 Å². The van der Waals surface area contributed by atoms with Gasteiger partial charge in [0, 0.05) is 0 Å². The molecule has 0 atom stereocenters. The van der Waals surface area contributed by atoms with Gasteiger partial charge in [0.2, 0.25) is 0 Å². The summed E-state index contributed by atoms with van der Waals surface area (Å²) >= 11 is -1.25. The molecule has 0 radical (unpaired) electrons. The van der Waals surface area contributed by atoms with Crippen LogP contribution in [0.25, 0.3) is 0 Å². The second-order valence-corrected chi connectivity index (χ2v) is 8.02. The van der Waals surface area contributed by atoms with E-state index in [-0.39, 0.29) is 0 Å². The minimum absolute atomic E-state index is 1.25. The molecule has 0 saturated heterocycles. The number of rotatable bonds is 4. The Morgan fingerprint density at radius 2 is 0.615 bits per heavy atom. The average molecular weight is 235 g/mol. The van der Waals surface area contributed by atoms with Crippen molar-refractivity contribution in [3.05, 3.63) is 0 Å². The second kappa shape index (κ2) is 4.71. The third-order valence-corrected chi connectivity index (χ3v) is 6.26. The standard InChI is InChI=1S/4C2H6N.Ni/c4*1-3-2;/h4*1-2H3;/q4*-1;+4. The van der Waals surface area contributed by atoms with Crippen LogP contribution in [0.4, 0.5) is 0 Å². The van der Waals surface area contributed by atoms with E-state index in [0.717, 1.165) is 0 Å². The molecule has 5 heteroatoms. The summed E-state index contributed by atoms with van der Waals surface area (Å²) in [7, 11) is 17.0. The van der Waals surface area contributed by atoms with E-state index < -0.39 is 13.2 Å². The first kappa shape index (κ1) is 13.3. The molecular weight excluding hydrogens is 211 g/mol. The zero-order valence-electron chi connectivity index (χ0n) is 10.1. The summed E-state index contributed by atoms with van der Waals surface area (Å²) < 4.78 is 9.12. The molecule has 0 fully saturated rings. The molecule has 0 bridgehead atoms. The molecule has 0 saturated carbocycles. The van der Waals surface area contributed by atoms with Crippen LogP contribution in [0.2, 0.25) is 0 Å². The van der Waals surface area contributed by atoms with Gasteiger partial charge in [-0.25, -0.2) is 0 Å². The summed E-state index contributed by atoms with van der Waals surface area (Å²) in [4.78, 5) is 0. The van der Waals surface area contributed by atoms with E-state index in [9.17, 15) is 0 Å². The Balaban J connectivity index is 5.06. The molecule has 0 N–H and O–H groups in total. The fourth-order valence-electron chi connectivity index (χ4n) is 1.52. The molecule has 0 spiro atoms. The Morgan fingerprint density at radius 1 is 0.462 bits per heavy atom. The van der Waals surface area contributed by atoms with E-state index in [1.807, 2.05) is 0 Å². The molecule has 0 rings (SSSR count). The normalized spacial score (nSPS) is 15.1. The zero-order valence-corrected chi connectivity index (χ0v) is 11.1. The molecule has 0 aromatic carbocycles. The first-order valence-corrected chi connectivity index (χ1v) is 5.91. The van der Waals surface area contributed by atoms with Crippen LogP contribution in [0, 0.1) is 0 Å². The van der Waals surface area contributed by atoms with Crippen LogP contribution in [0.15, 0.2) is 0 Å². The molecule has 13 heavy (non-hydrogen) atoms. The van der Waals surface area contributed by atoms with E-state index >= 15 is 0 Å². The Kier molecular flexibility index (Phi) is 4.83. The van der Waals surface area contributed by atoms with Gasteiger partial charge in [0.05, 0.1) is 0 Å². The van der Waals surface area contributed by atoms with Crippen molar-refractivity contribution in [1.82, 2.24) is 15.9 Å². The summed E-state index contributed by atoms with van der Waals surface area (Å²) in [6, 6.07) is 0. The summed E-state index contributed by atoms with van der Waals surface area (Å²) in [5, 5.41) is 0. The van der Waals surface area contributed by atoms with Crippen LogP contribution in [0.3, 0.4) is 0 Å². The van der Waals surface area contributed by atoms with Gasteiger partial charge in [0.1, 0.15) is 0 Å². The van der Waals surface area contributed by atoms with E-state index in [1.165, 1.54) is 0 Å². The van der Waals surface area contributed by atoms with Crippen molar-refractivity contribution in [2.45, 2.75) is 0 Å². The monoisotopic (exact) mass is 234 g/mol. The second-order valence-electron chi connectivity index (χ2n) is 3.30. The Labute approximate surface area is 86.0 Å². The summed E-state index contributed by atoms with van der Waals surface area (Å²) in [6.07, 6.45) is 0. The Bertz CT molecular complexity index is 119. The Morgan fingerprint density at radius 3 is 0.615 bits per heavy atom. The Hall–Kier alpha value is 0.334. The topological polar surface area (TPSA) is 13.0 Å². The predicted molar refractivity (Wildman–Crippen MR) is 54.7 cm³/mol. The molecule has 0 aliphatic carbocycles.